The predicted molar refractivity (Wildman–Crippen MR) is 103 cm³/mol. The molecule has 0 aliphatic rings. The van der Waals surface area contributed by atoms with E-state index in [1.165, 1.54) is 24.3 Å². The van der Waals surface area contributed by atoms with Gasteiger partial charge in [-0.25, -0.2) is 0 Å². The lowest BCUT2D eigenvalue weighted by Gasteiger charge is -2.22. The van der Waals surface area contributed by atoms with Crippen LogP contribution in [0.15, 0.2) is 30.3 Å². The van der Waals surface area contributed by atoms with Crippen LogP contribution in [0.3, 0.4) is 0 Å². The van der Waals surface area contributed by atoms with Crippen LogP contribution >= 0.6 is 0 Å². The summed E-state index contributed by atoms with van der Waals surface area (Å²) in [5.41, 5.74) is -0.321. The van der Waals surface area contributed by atoms with E-state index in [9.17, 15) is 22.8 Å². The molecule has 1 N–H and O–H groups in total. The highest BCUT2D eigenvalue weighted by Gasteiger charge is 2.29. The third kappa shape index (κ3) is 10.1. The van der Waals surface area contributed by atoms with Crippen molar-refractivity contribution in [1.29, 1.82) is 0 Å². The number of hydrogen-bond acceptors (Lipinski definition) is 4. The minimum Gasteiger partial charge on any atom is -0.380 e. The maximum atomic E-state index is 12.5. The van der Waals surface area contributed by atoms with Crippen molar-refractivity contribution in [3.8, 4) is 0 Å². The average Bonchev–Trinajstić information content (AvgIpc) is 2.69. The van der Waals surface area contributed by atoms with Gasteiger partial charge in [0.05, 0.1) is 25.3 Å². The van der Waals surface area contributed by atoms with Crippen molar-refractivity contribution in [3.05, 3.63) is 41.5 Å². The van der Waals surface area contributed by atoms with E-state index in [0.29, 0.717) is 45.1 Å². The molecule has 1 rings (SSSR count). The number of nitrogens with one attached hydrogen (secondary N) is 1. The van der Waals surface area contributed by atoms with Crippen LogP contribution in [0.1, 0.15) is 25.0 Å². The summed E-state index contributed by atoms with van der Waals surface area (Å²) in [6.45, 7) is 6.14. The second-order valence-corrected chi connectivity index (χ2v) is 5.95. The Balaban J connectivity index is 2.52. The Morgan fingerprint density at radius 1 is 1.03 bits per heavy atom. The fourth-order valence-corrected chi connectivity index (χ4v) is 2.29. The van der Waals surface area contributed by atoms with Crippen LogP contribution in [0.4, 0.5) is 13.2 Å². The van der Waals surface area contributed by atoms with E-state index in [1.54, 1.807) is 4.90 Å². The van der Waals surface area contributed by atoms with Crippen LogP contribution in [0, 0.1) is 0 Å². The van der Waals surface area contributed by atoms with Crippen LogP contribution in [-0.2, 0) is 25.2 Å². The van der Waals surface area contributed by atoms with Gasteiger partial charge in [-0.2, -0.15) is 13.2 Å². The Hall–Kier alpha value is -2.39. The quantitative estimate of drug-likeness (QED) is 0.420. The molecule has 162 valence electrons. The van der Waals surface area contributed by atoms with Crippen LogP contribution in [0.25, 0.3) is 6.08 Å². The predicted octanol–water partition coefficient (Wildman–Crippen LogP) is 2.74. The first-order valence-corrected chi connectivity index (χ1v) is 9.34. The highest BCUT2D eigenvalue weighted by Crippen LogP contribution is 2.29. The zero-order chi connectivity index (χ0) is 21.7. The van der Waals surface area contributed by atoms with Crippen LogP contribution < -0.4 is 5.32 Å². The molecule has 0 unspecified atom stereocenters. The van der Waals surface area contributed by atoms with Crippen molar-refractivity contribution in [2.75, 3.05) is 46.1 Å². The molecular formula is C20H27F3N2O4. The summed E-state index contributed by atoms with van der Waals surface area (Å²) in [4.78, 5) is 25.8. The fraction of sp³-hybridized carbons (Fsp3) is 0.500. The van der Waals surface area contributed by atoms with Gasteiger partial charge in [0.25, 0.3) is 0 Å². The van der Waals surface area contributed by atoms with Crippen molar-refractivity contribution in [1.82, 2.24) is 10.2 Å². The molecule has 0 bridgehead atoms. The number of rotatable bonds is 12. The summed E-state index contributed by atoms with van der Waals surface area (Å²) < 4.78 is 48.1. The number of halogens is 3. The monoisotopic (exact) mass is 416 g/mol. The lowest BCUT2D eigenvalue weighted by molar-refractivity contribution is -0.137. The average molecular weight is 416 g/mol. The lowest BCUT2D eigenvalue weighted by Crippen LogP contribution is -2.42. The number of amides is 2. The zero-order valence-electron chi connectivity index (χ0n) is 16.6. The lowest BCUT2D eigenvalue weighted by atomic mass is 10.1. The van der Waals surface area contributed by atoms with E-state index in [1.807, 2.05) is 13.8 Å². The molecule has 6 nitrogen and oxygen atoms in total. The van der Waals surface area contributed by atoms with Gasteiger partial charge in [-0.15, -0.1) is 0 Å². The van der Waals surface area contributed by atoms with Crippen molar-refractivity contribution in [2.45, 2.75) is 20.0 Å². The molecule has 0 aliphatic carbocycles. The molecule has 29 heavy (non-hydrogen) atoms. The molecule has 0 radical (unpaired) electrons. The molecule has 0 saturated carbocycles. The maximum absolute atomic E-state index is 12.5. The first-order chi connectivity index (χ1) is 13.8. The standard InChI is InChI=1S/C20H27F3N2O4/c1-3-28-13-11-25(12-14-29-4-2)19(27)15-24-18(26)10-7-16-5-8-17(9-6-16)20(21,22)23/h5-10H,3-4,11-15H2,1-2H3,(H,24,26)/b10-7+. The largest absolute Gasteiger partial charge is 0.416 e. The van der Waals surface area contributed by atoms with E-state index in [0.717, 1.165) is 12.1 Å². The Bertz CT molecular complexity index is 651. The number of hydrogen-bond donors (Lipinski definition) is 1. The molecule has 0 spiro atoms. The van der Waals surface area contributed by atoms with Gasteiger partial charge in [0.2, 0.25) is 11.8 Å². The normalized spacial score (nSPS) is 11.6. The van der Waals surface area contributed by atoms with Gasteiger partial charge in [0.15, 0.2) is 0 Å². The maximum Gasteiger partial charge on any atom is 0.416 e. The Kier molecular flexibility index (Phi) is 11.0. The van der Waals surface area contributed by atoms with Gasteiger partial charge < -0.3 is 19.7 Å². The van der Waals surface area contributed by atoms with Crippen molar-refractivity contribution in [3.63, 3.8) is 0 Å². The van der Waals surface area contributed by atoms with Crippen LogP contribution in [-0.4, -0.2) is 62.8 Å². The highest BCUT2D eigenvalue weighted by molar-refractivity contribution is 5.94. The van der Waals surface area contributed by atoms with E-state index in [4.69, 9.17) is 9.47 Å². The summed E-state index contributed by atoms with van der Waals surface area (Å²) in [7, 11) is 0. The summed E-state index contributed by atoms with van der Waals surface area (Å²) in [5, 5.41) is 2.47. The highest BCUT2D eigenvalue weighted by atomic mass is 19.4. The minimum atomic E-state index is -4.41. The first kappa shape index (κ1) is 24.6. The Morgan fingerprint density at radius 3 is 2.07 bits per heavy atom. The summed E-state index contributed by atoms with van der Waals surface area (Å²) in [6, 6.07) is 4.41. The van der Waals surface area contributed by atoms with E-state index in [2.05, 4.69) is 5.32 Å². The number of alkyl halides is 3. The topological polar surface area (TPSA) is 67.9 Å². The number of carbonyl (C=O) groups excluding carboxylic acids is 2. The van der Waals surface area contributed by atoms with Crippen LogP contribution in [0.5, 0.6) is 0 Å². The van der Waals surface area contributed by atoms with Gasteiger partial charge in [-0.1, -0.05) is 12.1 Å². The van der Waals surface area contributed by atoms with Crippen molar-refractivity contribution >= 4 is 17.9 Å². The molecule has 0 saturated heterocycles. The molecule has 2 amide bonds. The van der Waals surface area contributed by atoms with Gasteiger partial charge >= 0.3 is 6.18 Å². The Morgan fingerprint density at radius 2 is 1.59 bits per heavy atom. The van der Waals surface area contributed by atoms with Crippen molar-refractivity contribution in [2.24, 2.45) is 0 Å². The summed E-state index contributed by atoms with van der Waals surface area (Å²) >= 11 is 0. The number of nitrogens with zero attached hydrogens (tertiary/aromatic N) is 1. The molecular weight excluding hydrogens is 389 g/mol. The van der Waals surface area contributed by atoms with Gasteiger partial charge in [-0.3, -0.25) is 9.59 Å². The van der Waals surface area contributed by atoms with Gasteiger partial charge in [-0.05, 0) is 37.6 Å². The molecule has 1 aromatic carbocycles. The van der Waals surface area contributed by atoms with Crippen molar-refractivity contribution < 1.29 is 32.2 Å². The number of ether oxygens (including phenoxy) is 2. The smallest absolute Gasteiger partial charge is 0.380 e. The number of carbonyl (C=O) groups is 2. The zero-order valence-corrected chi connectivity index (χ0v) is 16.6. The molecule has 0 heterocycles. The molecule has 9 heteroatoms. The molecule has 0 atom stereocenters. The SMILES string of the molecule is CCOCCN(CCOCC)C(=O)CNC(=O)/C=C/c1ccc(C(F)(F)F)cc1. The molecule has 0 aliphatic heterocycles. The third-order valence-corrected chi connectivity index (χ3v) is 3.85. The first-order valence-electron chi connectivity index (χ1n) is 9.34. The number of benzene rings is 1. The molecule has 0 aromatic heterocycles. The fourth-order valence-electron chi connectivity index (χ4n) is 2.29. The third-order valence-electron chi connectivity index (χ3n) is 3.85. The summed E-state index contributed by atoms with van der Waals surface area (Å²) in [6.07, 6.45) is -1.86. The summed E-state index contributed by atoms with van der Waals surface area (Å²) in [5.74, 6) is -0.798. The molecule has 1 aromatic rings. The molecule has 0 fully saturated rings. The second kappa shape index (κ2) is 12.9. The van der Waals surface area contributed by atoms with Gasteiger partial charge in [0.1, 0.15) is 0 Å². The van der Waals surface area contributed by atoms with E-state index >= 15 is 0 Å². The van der Waals surface area contributed by atoms with E-state index in [-0.39, 0.29) is 12.5 Å². The van der Waals surface area contributed by atoms with Crippen LogP contribution in [0.2, 0.25) is 0 Å². The minimum absolute atomic E-state index is 0.200. The second-order valence-electron chi connectivity index (χ2n) is 5.95. The van der Waals surface area contributed by atoms with Gasteiger partial charge in [0, 0.05) is 32.4 Å². The Labute approximate surface area is 168 Å². The van der Waals surface area contributed by atoms with E-state index < -0.39 is 17.6 Å².